The van der Waals surface area contributed by atoms with Gasteiger partial charge in [-0.3, -0.25) is 4.79 Å². The zero-order valence-electron chi connectivity index (χ0n) is 15.4. The minimum atomic E-state index is 0.194. The molecule has 1 atom stereocenters. The number of ether oxygens (including phenoxy) is 1. The van der Waals surface area contributed by atoms with Crippen LogP contribution in [0.1, 0.15) is 29.8 Å². The maximum absolute atomic E-state index is 12.8. The summed E-state index contributed by atoms with van der Waals surface area (Å²) in [5, 5.41) is 4.65. The fraction of sp³-hybridized carbons (Fsp3) is 0.500. The molecular formula is C20H27N3O2. The molecule has 0 radical (unpaired) electrons. The molecule has 1 unspecified atom stereocenters. The van der Waals surface area contributed by atoms with Gasteiger partial charge in [-0.05, 0) is 44.7 Å². The van der Waals surface area contributed by atoms with E-state index < -0.39 is 0 Å². The summed E-state index contributed by atoms with van der Waals surface area (Å²) >= 11 is 0. The molecule has 3 rings (SSSR count). The first-order valence-corrected chi connectivity index (χ1v) is 8.97. The number of amides is 1. The van der Waals surface area contributed by atoms with Gasteiger partial charge in [0.1, 0.15) is 0 Å². The largest absolute Gasteiger partial charge is 0.384 e. The Morgan fingerprint density at radius 3 is 2.76 bits per heavy atom. The number of rotatable bonds is 5. The second-order valence-corrected chi connectivity index (χ2v) is 6.88. The molecule has 1 aromatic carbocycles. The highest BCUT2D eigenvalue weighted by molar-refractivity contribution is 5.79. The molecule has 1 saturated heterocycles. The van der Waals surface area contributed by atoms with Gasteiger partial charge in [0, 0.05) is 31.5 Å². The van der Waals surface area contributed by atoms with Crippen molar-refractivity contribution in [3.8, 4) is 5.69 Å². The van der Waals surface area contributed by atoms with Gasteiger partial charge in [-0.25, -0.2) is 4.68 Å². The van der Waals surface area contributed by atoms with Crippen LogP contribution in [0.15, 0.2) is 30.3 Å². The van der Waals surface area contributed by atoms with Crippen LogP contribution in [0.3, 0.4) is 0 Å². The van der Waals surface area contributed by atoms with Gasteiger partial charge < -0.3 is 9.64 Å². The minimum absolute atomic E-state index is 0.194. The fourth-order valence-electron chi connectivity index (χ4n) is 3.68. The van der Waals surface area contributed by atoms with E-state index in [9.17, 15) is 4.79 Å². The first-order valence-electron chi connectivity index (χ1n) is 8.97. The number of aryl methyl sites for hydroxylation is 1. The van der Waals surface area contributed by atoms with E-state index in [-0.39, 0.29) is 5.91 Å². The Kier molecular flexibility index (Phi) is 5.53. The number of piperidine rings is 1. The van der Waals surface area contributed by atoms with Crippen LogP contribution >= 0.6 is 0 Å². The van der Waals surface area contributed by atoms with Crippen LogP contribution in [0.2, 0.25) is 0 Å². The Bertz CT molecular complexity index is 722. The second kappa shape index (κ2) is 7.83. The molecule has 0 N–H and O–H groups in total. The van der Waals surface area contributed by atoms with Crippen molar-refractivity contribution in [2.24, 2.45) is 5.92 Å². The Hall–Kier alpha value is -2.14. The maximum atomic E-state index is 12.8. The Morgan fingerprint density at radius 2 is 2.04 bits per heavy atom. The molecule has 0 bridgehead atoms. The molecule has 0 aliphatic carbocycles. The Morgan fingerprint density at radius 1 is 1.28 bits per heavy atom. The van der Waals surface area contributed by atoms with Crippen LogP contribution in [0.25, 0.3) is 5.69 Å². The third-order valence-corrected chi connectivity index (χ3v) is 5.04. The van der Waals surface area contributed by atoms with Crippen molar-refractivity contribution < 1.29 is 9.53 Å². The molecule has 5 nitrogen and oxygen atoms in total. The molecule has 1 aromatic heterocycles. The van der Waals surface area contributed by atoms with Crippen molar-refractivity contribution in [1.82, 2.24) is 14.7 Å². The third-order valence-electron chi connectivity index (χ3n) is 5.04. The van der Waals surface area contributed by atoms with Crippen molar-refractivity contribution in [3.05, 3.63) is 47.3 Å². The van der Waals surface area contributed by atoms with Gasteiger partial charge in [0.2, 0.25) is 5.91 Å². The predicted molar refractivity (Wildman–Crippen MR) is 97.9 cm³/mol. The summed E-state index contributed by atoms with van der Waals surface area (Å²) in [6, 6.07) is 10.1. The smallest absolute Gasteiger partial charge is 0.227 e. The lowest BCUT2D eigenvalue weighted by Crippen LogP contribution is -2.42. The summed E-state index contributed by atoms with van der Waals surface area (Å²) < 4.78 is 7.20. The number of carbonyl (C=O) groups excluding carboxylic acids is 1. The van der Waals surface area contributed by atoms with Crippen LogP contribution < -0.4 is 0 Å². The molecule has 0 spiro atoms. The monoisotopic (exact) mass is 341 g/mol. The van der Waals surface area contributed by atoms with Crippen LogP contribution in [0.4, 0.5) is 0 Å². The molecule has 5 heteroatoms. The number of likely N-dealkylation sites (tertiary alicyclic amines) is 1. The molecule has 0 saturated carbocycles. The predicted octanol–water partition coefficient (Wildman–Crippen LogP) is 2.92. The van der Waals surface area contributed by atoms with Gasteiger partial charge >= 0.3 is 0 Å². The zero-order valence-corrected chi connectivity index (χ0v) is 15.4. The number of hydrogen-bond acceptors (Lipinski definition) is 3. The van der Waals surface area contributed by atoms with Gasteiger partial charge in [-0.15, -0.1) is 0 Å². The van der Waals surface area contributed by atoms with Crippen molar-refractivity contribution in [2.45, 2.75) is 33.1 Å². The normalized spacial score (nSPS) is 17.7. The highest BCUT2D eigenvalue weighted by atomic mass is 16.5. The summed E-state index contributed by atoms with van der Waals surface area (Å²) in [7, 11) is 1.73. The van der Waals surface area contributed by atoms with Crippen LogP contribution in [0, 0.1) is 19.8 Å². The van der Waals surface area contributed by atoms with Crippen molar-refractivity contribution >= 4 is 5.91 Å². The molecular weight excluding hydrogens is 314 g/mol. The molecule has 1 fully saturated rings. The van der Waals surface area contributed by atoms with Crippen molar-refractivity contribution in [3.63, 3.8) is 0 Å². The lowest BCUT2D eigenvalue weighted by molar-refractivity contribution is -0.132. The van der Waals surface area contributed by atoms with Crippen molar-refractivity contribution in [1.29, 1.82) is 0 Å². The lowest BCUT2D eigenvalue weighted by atomic mass is 9.98. The molecule has 25 heavy (non-hydrogen) atoms. The number of nitrogens with zero attached hydrogens (tertiary/aromatic N) is 3. The van der Waals surface area contributed by atoms with E-state index in [0.29, 0.717) is 12.3 Å². The average molecular weight is 341 g/mol. The lowest BCUT2D eigenvalue weighted by Gasteiger charge is -2.32. The van der Waals surface area contributed by atoms with Crippen LogP contribution in [-0.2, 0) is 16.0 Å². The number of hydrogen-bond donors (Lipinski definition) is 0. The standard InChI is InChI=1S/C20H27N3O2/c1-15-19(16(2)23(21-15)18-9-5-4-6-10-18)12-20(24)22-11-7-8-17(13-22)14-25-3/h4-6,9-10,17H,7-8,11-14H2,1-3H3. The summed E-state index contributed by atoms with van der Waals surface area (Å²) in [5.41, 5.74) is 4.05. The highest BCUT2D eigenvalue weighted by Crippen LogP contribution is 2.21. The van der Waals surface area contributed by atoms with E-state index in [1.165, 1.54) is 0 Å². The maximum Gasteiger partial charge on any atom is 0.227 e. The quantitative estimate of drug-likeness (QED) is 0.840. The van der Waals surface area contributed by atoms with E-state index in [0.717, 1.165) is 55.2 Å². The molecule has 2 heterocycles. The first kappa shape index (κ1) is 17.7. The second-order valence-electron chi connectivity index (χ2n) is 6.88. The highest BCUT2D eigenvalue weighted by Gasteiger charge is 2.25. The SMILES string of the molecule is COCC1CCCN(C(=O)Cc2c(C)nn(-c3ccccc3)c2C)C1. The van der Waals surface area contributed by atoms with E-state index in [1.54, 1.807) is 7.11 Å². The molecule has 2 aromatic rings. The average Bonchev–Trinajstić information content (AvgIpc) is 2.91. The zero-order chi connectivity index (χ0) is 17.8. The summed E-state index contributed by atoms with van der Waals surface area (Å²) in [5.74, 6) is 0.650. The Balaban J connectivity index is 1.74. The Labute approximate surface area is 149 Å². The number of carbonyl (C=O) groups is 1. The van der Waals surface area contributed by atoms with Gasteiger partial charge in [-0.2, -0.15) is 5.10 Å². The van der Waals surface area contributed by atoms with E-state index in [2.05, 4.69) is 5.10 Å². The minimum Gasteiger partial charge on any atom is -0.384 e. The first-order chi connectivity index (χ1) is 12.1. The molecule has 1 amide bonds. The van der Waals surface area contributed by atoms with Gasteiger partial charge in [0.15, 0.2) is 0 Å². The number of aromatic nitrogens is 2. The topological polar surface area (TPSA) is 47.4 Å². The molecule has 1 aliphatic rings. The van der Waals surface area contributed by atoms with Crippen LogP contribution in [-0.4, -0.2) is 47.4 Å². The number of para-hydroxylation sites is 1. The third kappa shape index (κ3) is 3.93. The van der Waals surface area contributed by atoms with E-state index in [4.69, 9.17) is 4.74 Å². The number of benzene rings is 1. The molecule has 1 aliphatic heterocycles. The summed E-state index contributed by atoms with van der Waals surface area (Å²) in [4.78, 5) is 14.8. The van der Waals surface area contributed by atoms with Crippen LogP contribution in [0.5, 0.6) is 0 Å². The van der Waals surface area contributed by atoms with Gasteiger partial charge in [0.05, 0.1) is 24.4 Å². The number of methoxy groups -OCH3 is 1. The van der Waals surface area contributed by atoms with Gasteiger partial charge in [-0.1, -0.05) is 18.2 Å². The van der Waals surface area contributed by atoms with Crippen molar-refractivity contribution in [2.75, 3.05) is 26.8 Å². The summed E-state index contributed by atoms with van der Waals surface area (Å²) in [6.45, 7) is 6.41. The van der Waals surface area contributed by atoms with E-state index >= 15 is 0 Å². The van der Waals surface area contributed by atoms with E-state index in [1.807, 2.05) is 53.8 Å². The molecule has 134 valence electrons. The fourth-order valence-corrected chi connectivity index (χ4v) is 3.68. The van der Waals surface area contributed by atoms with Gasteiger partial charge in [0.25, 0.3) is 0 Å². The summed E-state index contributed by atoms with van der Waals surface area (Å²) in [6.07, 6.45) is 2.62.